The first-order valence-corrected chi connectivity index (χ1v) is 22.1. The Hall–Kier alpha value is -2.03. The Balaban J connectivity index is 3.64. The fourth-order valence-electron chi connectivity index (χ4n) is 5.39. The van der Waals surface area contributed by atoms with E-state index >= 15 is 0 Å². The first kappa shape index (κ1) is 50.0. The van der Waals surface area contributed by atoms with Crippen molar-refractivity contribution in [2.75, 3.05) is 26.4 Å². The summed E-state index contributed by atoms with van der Waals surface area (Å²) in [6, 6.07) is 0. The normalized spacial score (nSPS) is 13.8. The van der Waals surface area contributed by atoms with Crippen molar-refractivity contribution in [3.63, 3.8) is 0 Å². The van der Waals surface area contributed by atoms with Crippen LogP contribution in [0.15, 0.2) is 48.6 Å². The molecule has 0 aliphatic carbocycles. The molecule has 0 radical (unpaired) electrons. The van der Waals surface area contributed by atoms with Crippen LogP contribution in [0.1, 0.15) is 174 Å². The van der Waals surface area contributed by atoms with Gasteiger partial charge in [0.05, 0.1) is 13.2 Å². The summed E-state index contributed by atoms with van der Waals surface area (Å²) in [7, 11) is -4.42. The van der Waals surface area contributed by atoms with Gasteiger partial charge < -0.3 is 20.1 Å². The molecule has 9 nitrogen and oxygen atoms in total. The average molecular weight is 754 g/mol. The van der Waals surface area contributed by atoms with Gasteiger partial charge in [-0.25, -0.2) is 4.57 Å². The highest BCUT2D eigenvalue weighted by Gasteiger charge is 2.23. The number of unbranched alkanes of at least 4 members (excludes halogenated alkanes) is 17. The Morgan fingerprint density at radius 2 is 1.10 bits per heavy atom. The molecule has 0 heterocycles. The van der Waals surface area contributed by atoms with Crippen molar-refractivity contribution in [3.05, 3.63) is 48.6 Å². The van der Waals surface area contributed by atoms with Crippen LogP contribution in [0, 0.1) is 0 Å². The number of nitrogens with one attached hydrogen (secondary N) is 1. The van der Waals surface area contributed by atoms with Gasteiger partial charge in [0, 0.05) is 19.4 Å². The molecule has 0 aliphatic heterocycles. The van der Waals surface area contributed by atoms with E-state index in [0.29, 0.717) is 6.42 Å². The van der Waals surface area contributed by atoms with Crippen molar-refractivity contribution >= 4 is 19.7 Å². The summed E-state index contributed by atoms with van der Waals surface area (Å²) in [5.41, 5.74) is 0. The zero-order valence-corrected chi connectivity index (χ0v) is 33.9. The summed E-state index contributed by atoms with van der Waals surface area (Å²) in [6.07, 6.45) is 43.2. The van der Waals surface area contributed by atoms with Gasteiger partial charge in [-0.2, -0.15) is 0 Å². The van der Waals surface area contributed by atoms with E-state index in [0.717, 1.165) is 83.5 Å². The molecule has 0 fully saturated rings. The van der Waals surface area contributed by atoms with E-state index in [1.807, 2.05) is 0 Å². The van der Waals surface area contributed by atoms with Crippen molar-refractivity contribution in [3.8, 4) is 0 Å². The number of aliphatic hydroxyl groups excluding tert-OH is 1. The van der Waals surface area contributed by atoms with Gasteiger partial charge in [0.15, 0.2) is 0 Å². The minimum absolute atomic E-state index is 0.0750. The maximum Gasteiger partial charge on any atom is 0.472 e. The van der Waals surface area contributed by atoms with Crippen LogP contribution in [-0.2, 0) is 27.9 Å². The number of aliphatic hydroxyl groups is 1. The van der Waals surface area contributed by atoms with Gasteiger partial charge >= 0.3 is 13.8 Å². The first-order chi connectivity index (χ1) is 25.3. The van der Waals surface area contributed by atoms with Crippen LogP contribution in [0.2, 0.25) is 0 Å². The summed E-state index contributed by atoms with van der Waals surface area (Å²) in [6.45, 7) is 3.40. The molecule has 0 saturated carbocycles. The van der Waals surface area contributed by atoms with Crippen LogP contribution in [0.3, 0.4) is 0 Å². The predicted octanol–water partition coefficient (Wildman–Crippen LogP) is 11.2. The van der Waals surface area contributed by atoms with Crippen molar-refractivity contribution in [2.24, 2.45) is 0 Å². The standard InChI is InChI=1S/C42H76NO8P/c1-3-5-7-9-11-13-15-17-19-20-21-23-25-27-29-31-33-35-42(46)49-38-40(44)39-51-52(47,48)50-37-36-43-41(45)34-32-30-28-26-24-22-18-16-14-12-10-8-6-4-2/h5,7,11,13,16-19,40,44H,3-4,6,8-10,12,14-15,20-39H2,1-2H3,(H,43,45)(H,47,48)/b7-5-,13-11-,18-16-,19-17-. The number of esters is 1. The van der Waals surface area contributed by atoms with E-state index < -0.39 is 26.5 Å². The number of hydrogen-bond donors (Lipinski definition) is 3. The Morgan fingerprint density at radius 1 is 0.615 bits per heavy atom. The van der Waals surface area contributed by atoms with Crippen molar-refractivity contribution in [1.82, 2.24) is 5.32 Å². The molecule has 2 atom stereocenters. The number of amides is 1. The van der Waals surface area contributed by atoms with E-state index in [1.165, 1.54) is 64.2 Å². The van der Waals surface area contributed by atoms with Crippen LogP contribution in [0.4, 0.5) is 0 Å². The summed E-state index contributed by atoms with van der Waals surface area (Å²) in [4.78, 5) is 33.8. The first-order valence-electron chi connectivity index (χ1n) is 20.6. The number of hydrogen-bond acceptors (Lipinski definition) is 7. The molecule has 0 aromatic heterocycles. The Morgan fingerprint density at radius 3 is 1.67 bits per heavy atom. The van der Waals surface area contributed by atoms with E-state index in [9.17, 15) is 24.2 Å². The number of phosphoric ester groups is 1. The van der Waals surface area contributed by atoms with E-state index in [4.69, 9.17) is 13.8 Å². The Labute approximate surface area is 317 Å². The van der Waals surface area contributed by atoms with E-state index in [2.05, 4.69) is 67.8 Å². The second kappa shape index (κ2) is 38.7. The summed E-state index contributed by atoms with van der Waals surface area (Å²) < 4.78 is 26.8. The Kier molecular flexibility index (Phi) is 37.2. The number of carbonyl (C=O) groups excluding carboxylic acids is 2. The molecule has 1 amide bonds. The van der Waals surface area contributed by atoms with Crippen molar-refractivity contribution < 1.29 is 37.9 Å². The molecule has 302 valence electrons. The van der Waals surface area contributed by atoms with Crippen molar-refractivity contribution in [2.45, 2.75) is 180 Å². The summed E-state index contributed by atoms with van der Waals surface area (Å²) in [5, 5.41) is 12.7. The van der Waals surface area contributed by atoms with E-state index in [1.54, 1.807) is 0 Å². The van der Waals surface area contributed by atoms with Crippen LogP contribution >= 0.6 is 7.82 Å². The molecule has 2 unspecified atom stereocenters. The third-order valence-corrected chi connectivity index (χ3v) is 9.48. The number of allylic oxidation sites excluding steroid dienone is 8. The maximum atomic E-state index is 12.1. The van der Waals surface area contributed by atoms with Crippen LogP contribution in [-0.4, -0.2) is 54.3 Å². The molecule has 52 heavy (non-hydrogen) atoms. The van der Waals surface area contributed by atoms with E-state index in [-0.39, 0.29) is 32.1 Å². The lowest BCUT2D eigenvalue weighted by Gasteiger charge is -2.15. The van der Waals surface area contributed by atoms with Gasteiger partial charge in [-0.3, -0.25) is 18.6 Å². The molecule has 0 saturated heterocycles. The number of phosphoric acid groups is 1. The molecule has 0 aromatic carbocycles. The quantitative estimate of drug-likeness (QED) is 0.0246. The predicted molar refractivity (Wildman–Crippen MR) is 215 cm³/mol. The van der Waals surface area contributed by atoms with Gasteiger partial charge in [0.25, 0.3) is 0 Å². The third-order valence-electron chi connectivity index (χ3n) is 8.49. The molecule has 10 heteroatoms. The number of rotatable bonds is 38. The lowest BCUT2D eigenvalue weighted by molar-refractivity contribution is -0.147. The molecule has 0 aromatic rings. The second-order valence-electron chi connectivity index (χ2n) is 13.6. The lowest BCUT2D eigenvalue weighted by Crippen LogP contribution is -2.27. The van der Waals surface area contributed by atoms with Gasteiger partial charge in [0.1, 0.15) is 12.7 Å². The second-order valence-corrected chi connectivity index (χ2v) is 15.0. The fourth-order valence-corrected chi connectivity index (χ4v) is 6.15. The highest BCUT2D eigenvalue weighted by Crippen LogP contribution is 2.42. The highest BCUT2D eigenvalue weighted by atomic mass is 31.2. The zero-order chi connectivity index (χ0) is 38.2. The SMILES string of the molecule is CC/C=C\C/C=C\C/C=C\CCCCCCCCCC(=O)OCC(O)COP(=O)(O)OCCNC(=O)CCCCCCC/C=C\CCCCCCC. The maximum absolute atomic E-state index is 12.1. The zero-order valence-electron chi connectivity index (χ0n) is 33.0. The smallest absolute Gasteiger partial charge is 0.463 e. The molecule has 3 N–H and O–H groups in total. The lowest BCUT2D eigenvalue weighted by atomic mass is 10.1. The number of carbonyl (C=O) groups is 2. The van der Waals surface area contributed by atoms with Crippen molar-refractivity contribution in [1.29, 1.82) is 0 Å². The minimum atomic E-state index is -4.42. The third kappa shape index (κ3) is 39.2. The highest BCUT2D eigenvalue weighted by molar-refractivity contribution is 7.47. The molecular formula is C42H76NO8P. The molecule has 0 spiro atoms. The van der Waals surface area contributed by atoms with Gasteiger partial charge in [-0.05, 0) is 70.6 Å². The van der Waals surface area contributed by atoms with Crippen LogP contribution < -0.4 is 5.32 Å². The monoisotopic (exact) mass is 754 g/mol. The van der Waals surface area contributed by atoms with Gasteiger partial charge in [-0.1, -0.05) is 140 Å². The van der Waals surface area contributed by atoms with Gasteiger partial charge in [-0.15, -0.1) is 0 Å². The fraction of sp³-hybridized carbons (Fsp3) is 0.762. The largest absolute Gasteiger partial charge is 0.472 e. The van der Waals surface area contributed by atoms with Crippen LogP contribution in [0.25, 0.3) is 0 Å². The topological polar surface area (TPSA) is 131 Å². The average Bonchev–Trinajstić information content (AvgIpc) is 3.13. The summed E-state index contributed by atoms with van der Waals surface area (Å²) in [5.74, 6) is -0.537. The Bertz CT molecular complexity index is 996. The van der Waals surface area contributed by atoms with Crippen LogP contribution in [0.5, 0.6) is 0 Å². The minimum Gasteiger partial charge on any atom is -0.463 e. The molecule has 0 bridgehead atoms. The molecule has 0 rings (SSSR count). The summed E-state index contributed by atoms with van der Waals surface area (Å²) >= 11 is 0. The number of ether oxygens (including phenoxy) is 1. The molecule has 0 aliphatic rings. The van der Waals surface area contributed by atoms with Gasteiger partial charge in [0.2, 0.25) is 5.91 Å². The molecular weight excluding hydrogens is 677 g/mol.